The van der Waals surface area contributed by atoms with Gasteiger partial charge in [-0.1, -0.05) is 26.0 Å². The Morgan fingerprint density at radius 1 is 1.33 bits per heavy atom. The summed E-state index contributed by atoms with van der Waals surface area (Å²) in [5.41, 5.74) is 1.18. The van der Waals surface area contributed by atoms with Crippen LogP contribution in [0.1, 0.15) is 45.2 Å². The molecule has 0 aliphatic heterocycles. The van der Waals surface area contributed by atoms with Crippen LogP contribution in [0.15, 0.2) is 24.3 Å². The molecule has 98 valence electrons. The smallest absolute Gasteiger partial charge is 0.123 e. The average Bonchev–Trinajstić information content (AvgIpc) is 2.35. The Morgan fingerprint density at radius 3 is 2.50 bits per heavy atom. The summed E-state index contributed by atoms with van der Waals surface area (Å²) in [5.74, 6) is -0.208. The number of halogens is 1. The van der Waals surface area contributed by atoms with E-state index in [0.717, 1.165) is 18.5 Å². The summed E-state index contributed by atoms with van der Waals surface area (Å²) in [7, 11) is 0. The van der Waals surface area contributed by atoms with Crippen LogP contribution in [-0.4, -0.2) is 6.54 Å². The lowest BCUT2D eigenvalue weighted by atomic mass is 9.87. The SMILES string of the molecule is C[C@@H](NCC(C)(C)CCC#N)c1ccc(F)cc1. The van der Waals surface area contributed by atoms with Crippen LogP contribution in [0, 0.1) is 22.6 Å². The van der Waals surface area contributed by atoms with Crippen molar-refractivity contribution in [1.82, 2.24) is 5.32 Å². The highest BCUT2D eigenvalue weighted by Crippen LogP contribution is 2.22. The Kier molecular flexibility index (Phi) is 5.30. The first-order chi connectivity index (χ1) is 8.44. The lowest BCUT2D eigenvalue weighted by Crippen LogP contribution is -2.31. The van der Waals surface area contributed by atoms with E-state index < -0.39 is 0 Å². The summed E-state index contributed by atoms with van der Waals surface area (Å²) in [4.78, 5) is 0. The third kappa shape index (κ3) is 4.85. The quantitative estimate of drug-likeness (QED) is 0.831. The average molecular weight is 248 g/mol. The van der Waals surface area contributed by atoms with Gasteiger partial charge in [0.15, 0.2) is 0 Å². The summed E-state index contributed by atoms with van der Waals surface area (Å²) in [6.07, 6.45) is 1.46. The predicted molar refractivity (Wildman–Crippen MR) is 71.4 cm³/mol. The highest BCUT2D eigenvalue weighted by Gasteiger charge is 2.18. The highest BCUT2D eigenvalue weighted by atomic mass is 19.1. The number of rotatable bonds is 6. The van der Waals surface area contributed by atoms with E-state index in [9.17, 15) is 4.39 Å². The maximum Gasteiger partial charge on any atom is 0.123 e. The minimum absolute atomic E-state index is 0.101. The number of nitrogens with zero attached hydrogens (tertiary/aromatic N) is 1. The molecule has 0 radical (unpaired) electrons. The molecule has 1 rings (SSSR count). The topological polar surface area (TPSA) is 35.8 Å². The maximum absolute atomic E-state index is 12.8. The summed E-state index contributed by atoms with van der Waals surface area (Å²) in [6.45, 7) is 7.20. The van der Waals surface area contributed by atoms with E-state index in [-0.39, 0.29) is 17.3 Å². The Hall–Kier alpha value is -1.40. The largest absolute Gasteiger partial charge is 0.310 e. The minimum atomic E-state index is -0.208. The first-order valence-electron chi connectivity index (χ1n) is 6.30. The fourth-order valence-corrected chi connectivity index (χ4v) is 1.78. The Bertz CT molecular complexity index is 403. The van der Waals surface area contributed by atoms with Crippen LogP contribution in [0.3, 0.4) is 0 Å². The summed E-state index contributed by atoms with van der Waals surface area (Å²) in [6, 6.07) is 8.93. The zero-order valence-corrected chi connectivity index (χ0v) is 11.3. The Labute approximate surface area is 109 Å². The van der Waals surface area contributed by atoms with Gasteiger partial charge in [0.25, 0.3) is 0 Å². The molecule has 1 aromatic rings. The lowest BCUT2D eigenvalue weighted by molar-refractivity contribution is 0.304. The maximum atomic E-state index is 12.8. The summed E-state index contributed by atoms with van der Waals surface area (Å²) < 4.78 is 12.8. The lowest BCUT2D eigenvalue weighted by Gasteiger charge is -2.26. The van der Waals surface area contributed by atoms with E-state index in [0.29, 0.717) is 6.42 Å². The second kappa shape index (κ2) is 6.51. The van der Waals surface area contributed by atoms with Crippen molar-refractivity contribution in [3.05, 3.63) is 35.6 Å². The van der Waals surface area contributed by atoms with Crippen molar-refractivity contribution in [2.75, 3.05) is 6.54 Å². The molecular weight excluding hydrogens is 227 g/mol. The predicted octanol–water partition coefficient (Wildman–Crippen LogP) is 3.81. The fourth-order valence-electron chi connectivity index (χ4n) is 1.78. The van der Waals surface area contributed by atoms with Crippen molar-refractivity contribution in [3.8, 4) is 6.07 Å². The van der Waals surface area contributed by atoms with Crippen LogP contribution in [0.4, 0.5) is 4.39 Å². The molecule has 0 fully saturated rings. The van der Waals surface area contributed by atoms with Gasteiger partial charge < -0.3 is 5.32 Å². The van der Waals surface area contributed by atoms with Crippen molar-refractivity contribution < 1.29 is 4.39 Å². The van der Waals surface area contributed by atoms with Gasteiger partial charge in [0.1, 0.15) is 5.82 Å². The third-order valence-corrected chi connectivity index (χ3v) is 3.17. The first-order valence-corrected chi connectivity index (χ1v) is 6.30. The van der Waals surface area contributed by atoms with Gasteiger partial charge in [0, 0.05) is 19.0 Å². The van der Waals surface area contributed by atoms with Gasteiger partial charge in [-0.3, -0.25) is 0 Å². The second-order valence-electron chi connectivity index (χ2n) is 5.48. The zero-order valence-electron chi connectivity index (χ0n) is 11.3. The van der Waals surface area contributed by atoms with Crippen LogP contribution in [-0.2, 0) is 0 Å². The summed E-state index contributed by atoms with van der Waals surface area (Å²) >= 11 is 0. The molecular formula is C15H21FN2. The first kappa shape index (κ1) is 14.7. The van der Waals surface area contributed by atoms with Gasteiger partial charge in [-0.2, -0.15) is 5.26 Å². The molecule has 1 aromatic carbocycles. The van der Waals surface area contributed by atoms with Crippen molar-refractivity contribution in [1.29, 1.82) is 5.26 Å². The number of nitriles is 1. The molecule has 3 heteroatoms. The highest BCUT2D eigenvalue weighted by molar-refractivity contribution is 5.19. The van der Waals surface area contributed by atoms with E-state index in [4.69, 9.17) is 5.26 Å². The molecule has 2 nitrogen and oxygen atoms in total. The van der Waals surface area contributed by atoms with E-state index in [1.165, 1.54) is 12.1 Å². The zero-order chi connectivity index (χ0) is 13.6. The molecule has 0 saturated heterocycles. The van der Waals surface area contributed by atoms with E-state index in [2.05, 4.69) is 32.2 Å². The van der Waals surface area contributed by atoms with Crippen LogP contribution in [0.5, 0.6) is 0 Å². The van der Waals surface area contributed by atoms with Crippen molar-refractivity contribution in [3.63, 3.8) is 0 Å². The van der Waals surface area contributed by atoms with Crippen LogP contribution < -0.4 is 5.32 Å². The molecule has 0 spiro atoms. The van der Waals surface area contributed by atoms with Gasteiger partial charge in [-0.15, -0.1) is 0 Å². The molecule has 18 heavy (non-hydrogen) atoms. The number of nitrogens with one attached hydrogen (secondary N) is 1. The molecule has 0 saturated carbocycles. The van der Waals surface area contributed by atoms with Crippen molar-refractivity contribution in [2.45, 2.75) is 39.7 Å². The number of hydrogen-bond acceptors (Lipinski definition) is 2. The van der Waals surface area contributed by atoms with Gasteiger partial charge in [0.2, 0.25) is 0 Å². The normalized spacial score (nSPS) is 13.1. The molecule has 0 aliphatic rings. The molecule has 1 atom stereocenters. The van der Waals surface area contributed by atoms with Gasteiger partial charge in [-0.25, -0.2) is 4.39 Å². The molecule has 0 aromatic heterocycles. The van der Waals surface area contributed by atoms with Gasteiger partial charge in [0.05, 0.1) is 6.07 Å². The van der Waals surface area contributed by atoms with Gasteiger partial charge in [-0.05, 0) is 36.5 Å². The van der Waals surface area contributed by atoms with E-state index in [1.54, 1.807) is 12.1 Å². The second-order valence-corrected chi connectivity index (χ2v) is 5.48. The third-order valence-electron chi connectivity index (χ3n) is 3.17. The van der Waals surface area contributed by atoms with Crippen LogP contribution in [0.25, 0.3) is 0 Å². The fraction of sp³-hybridized carbons (Fsp3) is 0.533. The molecule has 0 aliphatic carbocycles. The molecule has 1 N–H and O–H groups in total. The standard InChI is InChI=1S/C15H21FN2/c1-12(13-5-7-14(16)8-6-13)18-11-15(2,3)9-4-10-17/h5-8,12,18H,4,9,11H2,1-3H3/t12-/m1/s1. The van der Waals surface area contributed by atoms with Crippen LogP contribution in [0.2, 0.25) is 0 Å². The van der Waals surface area contributed by atoms with Crippen molar-refractivity contribution >= 4 is 0 Å². The molecule has 0 unspecified atom stereocenters. The Balaban J connectivity index is 2.48. The van der Waals surface area contributed by atoms with Crippen molar-refractivity contribution in [2.24, 2.45) is 5.41 Å². The monoisotopic (exact) mass is 248 g/mol. The Morgan fingerprint density at radius 2 is 1.94 bits per heavy atom. The molecule has 0 amide bonds. The number of hydrogen-bond donors (Lipinski definition) is 1. The number of benzene rings is 1. The van der Waals surface area contributed by atoms with Gasteiger partial charge >= 0.3 is 0 Å². The van der Waals surface area contributed by atoms with E-state index >= 15 is 0 Å². The van der Waals surface area contributed by atoms with Crippen LogP contribution >= 0.6 is 0 Å². The molecule has 0 heterocycles. The molecule has 0 bridgehead atoms. The van der Waals surface area contributed by atoms with E-state index in [1.807, 2.05) is 0 Å². The summed E-state index contributed by atoms with van der Waals surface area (Å²) in [5, 5.41) is 12.0. The minimum Gasteiger partial charge on any atom is -0.310 e.